The molecule has 3 heterocycles. The van der Waals surface area contributed by atoms with Crippen LogP contribution in [0.3, 0.4) is 0 Å². The van der Waals surface area contributed by atoms with Crippen LogP contribution in [0.5, 0.6) is 11.5 Å². The van der Waals surface area contributed by atoms with Crippen molar-refractivity contribution in [1.82, 2.24) is 15.1 Å². The molecule has 5 aromatic rings. The van der Waals surface area contributed by atoms with Crippen molar-refractivity contribution >= 4 is 23.4 Å². The van der Waals surface area contributed by atoms with E-state index < -0.39 is 6.04 Å². The Labute approximate surface area is 363 Å². The largest absolute Gasteiger partial charge is 0.490 e. The van der Waals surface area contributed by atoms with Gasteiger partial charge in [-0.25, -0.2) is 0 Å². The lowest BCUT2D eigenvalue weighted by atomic mass is 9.69. The molecule has 1 N–H and O–H groups in total. The number of anilines is 1. The van der Waals surface area contributed by atoms with E-state index in [1.54, 1.807) is 4.90 Å². The van der Waals surface area contributed by atoms with Gasteiger partial charge in [-0.15, -0.1) is 0 Å². The molecule has 2 aliphatic carbocycles. The van der Waals surface area contributed by atoms with Crippen molar-refractivity contribution < 1.29 is 28.6 Å². The zero-order valence-corrected chi connectivity index (χ0v) is 35.1. The van der Waals surface area contributed by atoms with Gasteiger partial charge in [0.2, 0.25) is 11.8 Å². The van der Waals surface area contributed by atoms with Gasteiger partial charge in [-0.05, 0) is 101 Å². The third kappa shape index (κ3) is 8.59. The Kier molecular flexibility index (Phi) is 11.5. The highest BCUT2D eigenvalue weighted by Gasteiger charge is 2.40. The van der Waals surface area contributed by atoms with E-state index in [9.17, 15) is 14.4 Å². The van der Waals surface area contributed by atoms with E-state index in [1.807, 2.05) is 18.2 Å². The van der Waals surface area contributed by atoms with Crippen LogP contribution in [0.4, 0.5) is 5.69 Å². The summed E-state index contributed by atoms with van der Waals surface area (Å²) in [6, 6.07) is 42.2. The first-order chi connectivity index (χ1) is 30.4. The fourth-order valence-corrected chi connectivity index (χ4v) is 10.1. The van der Waals surface area contributed by atoms with E-state index in [0.29, 0.717) is 37.7 Å². The SMILES string of the molecule is O=C1CCC(N2Cc3cc(N4CCN(CCOC5CC(Oc6ccc([C@@H]7c8ccc(OCc9ccccc9)cc8CC[C@@H]7c7ccccc7)cc6)C5)CC4)ccc3C2=O)C(=O)N1. The van der Waals surface area contributed by atoms with Crippen molar-refractivity contribution in [3.63, 3.8) is 0 Å². The standard InChI is InChI=1S/C52H54N4O6/c57-49-22-21-48(51(58)53-49)56-33-39-29-40(14-19-47(39)52(56)59)55-25-23-54(24-26-55)27-28-60-43-31-44(32-43)62-41-15-11-37(12-16-41)50-45(36-9-5-2-6-10-36)18-13-38-30-42(17-20-46(38)50)61-34-35-7-3-1-4-8-35/h1-12,14-17,19-20,29-30,43-45,48,50H,13,18,21-28,31-34H2,(H,53,57,58)/t43?,44?,45-,48?,50+/m1/s1. The summed E-state index contributed by atoms with van der Waals surface area (Å²) in [5.41, 5.74) is 9.30. The number of fused-ring (bicyclic) bond motifs is 2. The van der Waals surface area contributed by atoms with Gasteiger partial charge in [0, 0.05) is 75.7 Å². The van der Waals surface area contributed by atoms with Gasteiger partial charge in [-0.3, -0.25) is 24.6 Å². The lowest BCUT2D eigenvalue weighted by Crippen LogP contribution is -2.52. The topological polar surface area (TPSA) is 101 Å². The normalized spacial score (nSPS) is 23.6. The second-order valence-corrected chi connectivity index (χ2v) is 17.5. The summed E-state index contributed by atoms with van der Waals surface area (Å²) < 4.78 is 19.0. The molecular weight excluding hydrogens is 777 g/mol. The number of carbonyl (C=O) groups excluding carboxylic acids is 3. The monoisotopic (exact) mass is 830 g/mol. The van der Waals surface area contributed by atoms with E-state index in [-0.39, 0.29) is 42.3 Å². The van der Waals surface area contributed by atoms with Crippen LogP contribution < -0.4 is 19.7 Å². The van der Waals surface area contributed by atoms with Crippen molar-refractivity contribution in [3.05, 3.63) is 160 Å². The molecule has 2 saturated heterocycles. The fourth-order valence-electron chi connectivity index (χ4n) is 10.1. The summed E-state index contributed by atoms with van der Waals surface area (Å²) in [6.07, 6.45) is 4.91. The second-order valence-electron chi connectivity index (χ2n) is 17.5. The van der Waals surface area contributed by atoms with E-state index in [1.165, 1.54) is 27.8 Å². The van der Waals surface area contributed by atoms with Crippen molar-refractivity contribution in [2.45, 2.75) is 81.8 Å². The Hall–Kier alpha value is -5.97. The summed E-state index contributed by atoms with van der Waals surface area (Å²) in [7, 11) is 0. The van der Waals surface area contributed by atoms with E-state index in [4.69, 9.17) is 14.2 Å². The van der Waals surface area contributed by atoms with Crippen molar-refractivity contribution in [2.24, 2.45) is 0 Å². The van der Waals surface area contributed by atoms with Crippen molar-refractivity contribution in [1.29, 1.82) is 0 Å². The maximum Gasteiger partial charge on any atom is 0.255 e. The predicted octanol–water partition coefficient (Wildman–Crippen LogP) is 7.64. The number of piperidine rings is 1. The molecule has 1 saturated carbocycles. The Morgan fingerprint density at radius 3 is 2.21 bits per heavy atom. The first-order valence-electron chi connectivity index (χ1n) is 22.4. The van der Waals surface area contributed by atoms with Gasteiger partial charge >= 0.3 is 0 Å². The fraction of sp³-hybridized carbons (Fsp3) is 0.365. The van der Waals surface area contributed by atoms with Crippen molar-refractivity contribution in [3.8, 4) is 11.5 Å². The van der Waals surface area contributed by atoms with Gasteiger partial charge in [0.25, 0.3) is 5.91 Å². The molecule has 3 aliphatic heterocycles. The molecule has 0 aromatic heterocycles. The first kappa shape index (κ1) is 40.1. The van der Waals surface area contributed by atoms with Crippen molar-refractivity contribution in [2.75, 3.05) is 44.2 Å². The molecule has 3 fully saturated rings. The lowest BCUT2D eigenvalue weighted by Gasteiger charge is -2.38. The van der Waals surface area contributed by atoms with Gasteiger partial charge in [-0.2, -0.15) is 0 Å². The number of carbonyl (C=O) groups is 3. The van der Waals surface area contributed by atoms with Crippen LogP contribution in [0, 0.1) is 0 Å². The number of nitrogens with one attached hydrogen (secondary N) is 1. The maximum atomic E-state index is 13.1. The maximum absolute atomic E-state index is 13.1. The molecule has 10 rings (SSSR count). The smallest absolute Gasteiger partial charge is 0.255 e. The minimum Gasteiger partial charge on any atom is -0.490 e. The molecule has 5 aromatic carbocycles. The van der Waals surface area contributed by atoms with Gasteiger partial charge < -0.3 is 24.0 Å². The number of imide groups is 1. The molecule has 3 amide bonds. The highest BCUT2D eigenvalue weighted by molar-refractivity contribution is 6.05. The highest BCUT2D eigenvalue weighted by Crippen LogP contribution is 2.47. The first-order valence-corrected chi connectivity index (χ1v) is 22.4. The summed E-state index contributed by atoms with van der Waals surface area (Å²) in [5.74, 6) is 1.68. The minimum absolute atomic E-state index is 0.135. The van der Waals surface area contributed by atoms with Crippen LogP contribution >= 0.6 is 0 Å². The molecule has 62 heavy (non-hydrogen) atoms. The number of piperazine rings is 1. The second kappa shape index (κ2) is 17.8. The summed E-state index contributed by atoms with van der Waals surface area (Å²) in [4.78, 5) is 43.7. The Morgan fingerprint density at radius 1 is 0.677 bits per heavy atom. The number of aryl methyl sites for hydroxylation is 1. The van der Waals surface area contributed by atoms with Crippen LogP contribution in [-0.2, 0) is 33.9 Å². The Bertz CT molecular complexity index is 2390. The molecule has 10 heteroatoms. The van der Waals surface area contributed by atoms with Gasteiger partial charge in [-0.1, -0.05) is 78.9 Å². The Morgan fingerprint density at radius 2 is 1.44 bits per heavy atom. The molecule has 318 valence electrons. The molecule has 1 unspecified atom stereocenters. The van der Waals surface area contributed by atoms with Crippen LogP contribution in [-0.4, -0.2) is 85.1 Å². The van der Waals surface area contributed by atoms with Crippen LogP contribution in [0.2, 0.25) is 0 Å². The minimum atomic E-state index is -0.597. The summed E-state index contributed by atoms with van der Waals surface area (Å²) in [6.45, 7) is 6.23. The molecule has 0 spiro atoms. The highest BCUT2D eigenvalue weighted by atomic mass is 16.5. The average Bonchev–Trinajstić information content (AvgIpc) is 3.62. The third-order valence-corrected chi connectivity index (χ3v) is 13.7. The van der Waals surface area contributed by atoms with Crippen LogP contribution in [0.25, 0.3) is 0 Å². The Balaban J connectivity index is 0.682. The predicted molar refractivity (Wildman–Crippen MR) is 238 cm³/mol. The number of nitrogens with zero attached hydrogens (tertiary/aromatic N) is 3. The lowest BCUT2D eigenvalue weighted by molar-refractivity contribution is -0.136. The van der Waals surface area contributed by atoms with E-state index >= 15 is 0 Å². The number of benzene rings is 5. The van der Waals surface area contributed by atoms with E-state index in [0.717, 1.165) is 81.2 Å². The molecule has 10 nitrogen and oxygen atoms in total. The van der Waals surface area contributed by atoms with Gasteiger partial charge in [0.15, 0.2) is 0 Å². The number of amides is 3. The average molecular weight is 831 g/mol. The van der Waals surface area contributed by atoms with Crippen LogP contribution in [0.1, 0.15) is 87.7 Å². The summed E-state index contributed by atoms with van der Waals surface area (Å²) in [5, 5.41) is 2.38. The molecule has 0 bridgehead atoms. The number of hydrogen-bond donors (Lipinski definition) is 1. The molecule has 3 atom stereocenters. The van der Waals surface area contributed by atoms with E-state index in [2.05, 4.69) is 118 Å². The molecule has 0 radical (unpaired) electrons. The van der Waals surface area contributed by atoms with Gasteiger partial charge in [0.05, 0.1) is 12.7 Å². The number of hydrogen-bond acceptors (Lipinski definition) is 8. The third-order valence-electron chi connectivity index (χ3n) is 13.7. The quantitative estimate of drug-likeness (QED) is 0.121. The number of rotatable bonds is 13. The molecular formula is C52H54N4O6. The zero-order valence-electron chi connectivity index (χ0n) is 35.1. The zero-order chi connectivity index (χ0) is 42.0. The molecule has 5 aliphatic rings. The number of ether oxygens (including phenoxy) is 3. The van der Waals surface area contributed by atoms with Gasteiger partial charge in [0.1, 0.15) is 30.3 Å². The summed E-state index contributed by atoms with van der Waals surface area (Å²) >= 11 is 0. The van der Waals surface area contributed by atoms with Crippen LogP contribution in [0.15, 0.2) is 121 Å².